The molecule has 0 spiro atoms. The summed E-state index contributed by atoms with van der Waals surface area (Å²) in [6.07, 6.45) is 4.45. The summed E-state index contributed by atoms with van der Waals surface area (Å²) < 4.78 is 5.27. The fraction of sp³-hybridized carbons (Fsp3) is 0.917. The number of nitrogens with one attached hydrogen (secondary N) is 1. The van der Waals surface area contributed by atoms with Gasteiger partial charge < -0.3 is 4.74 Å². The van der Waals surface area contributed by atoms with Crippen molar-refractivity contribution < 1.29 is 9.53 Å². The zero-order chi connectivity index (χ0) is 11.6. The van der Waals surface area contributed by atoms with Crippen LogP contribution in [0.2, 0.25) is 0 Å². The number of carbonyl (C=O) groups is 1. The van der Waals surface area contributed by atoms with Crippen LogP contribution in [0.5, 0.6) is 0 Å². The van der Waals surface area contributed by atoms with Crippen LogP contribution in [-0.4, -0.2) is 35.2 Å². The molecule has 1 saturated heterocycles. The van der Waals surface area contributed by atoms with Crippen LogP contribution in [0.4, 0.5) is 0 Å². The van der Waals surface area contributed by atoms with Crippen LogP contribution >= 0.6 is 11.8 Å². The first-order valence-corrected chi connectivity index (χ1v) is 7.30. The van der Waals surface area contributed by atoms with E-state index in [0.717, 1.165) is 18.6 Å². The molecule has 2 fully saturated rings. The molecule has 16 heavy (non-hydrogen) atoms. The van der Waals surface area contributed by atoms with E-state index in [1.807, 2.05) is 18.7 Å². The summed E-state index contributed by atoms with van der Waals surface area (Å²) in [5.41, 5.74) is -0.417. The fourth-order valence-electron chi connectivity index (χ4n) is 2.32. The van der Waals surface area contributed by atoms with E-state index in [1.54, 1.807) is 0 Å². The maximum atomic E-state index is 12.2. The van der Waals surface area contributed by atoms with Gasteiger partial charge in [0.05, 0.1) is 6.61 Å². The van der Waals surface area contributed by atoms with Gasteiger partial charge in [0.15, 0.2) is 0 Å². The third-order valence-electron chi connectivity index (χ3n) is 3.46. The molecule has 0 amide bonds. The first-order chi connectivity index (χ1) is 7.69. The number of rotatable bonds is 4. The number of carbonyl (C=O) groups excluding carboxylic acids is 1. The summed E-state index contributed by atoms with van der Waals surface area (Å²) in [6.45, 7) is 4.50. The van der Waals surface area contributed by atoms with Crippen molar-refractivity contribution in [1.82, 2.24) is 5.32 Å². The molecule has 2 rings (SSSR count). The quantitative estimate of drug-likeness (QED) is 0.766. The number of thioether (sulfide) groups is 1. The van der Waals surface area contributed by atoms with Crippen LogP contribution in [0.15, 0.2) is 0 Å². The molecule has 0 aromatic rings. The zero-order valence-electron chi connectivity index (χ0n) is 10.1. The summed E-state index contributed by atoms with van der Waals surface area (Å²) in [6, 6.07) is 0.547. The molecule has 3 nitrogen and oxygen atoms in total. The Balaban J connectivity index is 2.11. The van der Waals surface area contributed by atoms with Crippen molar-refractivity contribution in [3.63, 3.8) is 0 Å². The third kappa shape index (κ3) is 2.38. The van der Waals surface area contributed by atoms with E-state index >= 15 is 0 Å². The summed E-state index contributed by atoms with van der Waals surface area (Å²) in [5, 5.41) is 3.87. The molecule has 1 N–H and O–H groups in total. The van der Waals surface area contributed by atoms with E-state index in [1.165, 1.54) is 12.8 Å². The molecule has 0 bridgehead atoms. The number of hydrogen-bond donors (Lipinski definition) is 1. The van der Waals surface area contributed by atoms with Gasteiger partial charge in [0, 0.05) is 11.3 Å². The number of esters is 1. The first kappa shape index (κ1) is 12.2. The lowest BCUT2D eigenvalue weighted by Crippen LogP contribution is -2.61. The maximum absolute atomic E-state index is 12.2. The van der Waals surface area contributed by atoms with Gasteiger partial charge >= 0.3 is 5.97 Å². The Kier molecular flexibility index (Phi) is 3.80. The molecule has 1 heterocycles. The minimum Gasteiger partial charge on any atom is -0.465 e. The maximum Gasteiger partial charge on any atom is 0.327 e. The minimum absolute atomic E-state index is 0.0402. The van der Waals surface area contributed by atoms with Gasteiger partial charge in [0.25, 0.3) is 0 Å². The summed E-state index contributed by atoms with van der Waals surface area (Å²) in [7, 11) is 0. The SMILES string of the molecule is CCOC(=O)C1(NC2CC2)CCCSC1C. The molecule has 0 aromatic heterocycles. The van der Waals surface area contributed by atoms with E-state index < -0.39 is 5.54 Å². The second-order valence-electron chi connectivity index (χ2n) is 4.73. The molecule has 0 radical (unpaired) electrons. The average Bonchev–Trinajstić information content (AvgIpc) is 3.06. The van der Waals surface area contributed by atoms with E-state index in [-0.39, 0.29) is 5.97 Å². The lowest BCUT2D eigenvalue weighted by molar-refractivity contribution is -0.151. The monoisotopic (exact) mass is 243 g/mol. The summed E-state index contributed by atoms with van der Waals surface area (Å²) >= 11 is 1.89. The molecule has 4 heteroatoms. The summed E-state index contributed by atoms with van der Waals surface area (Å²) in [5.74, 6) is 1.12. The second kappa shape index (κ2) is 4.96. The minimum atomic E-state index is -0.417. The third-order valence-corrected chi connectivity index (χ3v) is 4.88. The van der Waals surface area contributed by atoms with Gasteiger partial charge in [-0.15, -0.1) is 0 Å². The molecule has 0 aromatic carbocycles. The van der Waals surface area contributed by atoms with E-state index in [9.17, 15) is 4.79 Å². The smallest absolute Gasteiger partial charge is 0.327 e. The highest BCUT2D eigenvalue weighted by Gasteiger charge is 2.49. The summed E-state index contributed by atoms with van der Waals surface area (Å²) in [4.78, 5) is 12.2. The van der Waals surface area contributed by atoms with Crippen molar-refractivity contribution in [2.75, 3.05) is 12.4 Å². The fourth-order valence-corrected chi connectivity index (χ4v) is 3.56. The molecular formula is C12H21NO2S. The van der Waals surface area contributed by atoms with Gasteiger partial charge in [0.1, 0.15) is 5.54 Å². The topological polar surface area (TPSA) is 38.3 Å². The Bertz CT molecular complexity index is 268. The zero-order valence-corrected chi connectivity index (χ0v) is 10.9. The number of hydrogen-bond acceptors (Lipinski definition) is 4. The van der Waals surface area contributed by atoms with Crippen molar-refractivity contribution in [2.24, 2.45) is 0 Å². The average molecular weight is 243 g/mol. The normalized spacial score (nSPS) is 34.8. The Hall–Kier alpha value is -0.220. The van der Waals surface area contributed by atoms with Crippen LogP contribution in [0.3, 0.4) is 0 Å². The van der Waals surface area contributed by atoms with Gasteiger partial charge in [-0.25, -0.2) is 0 Å². The van der Waals surface area contributed by atoms with E-state index in [4.69, 9.17) is 4.74 Å². The predicted octanol–water partition coefficient (Wildman–Crippen LogP) is 1.96. The van der Waals surface area contributed by atoms with Crippen LogP contribution in [0.25, 0.3) is 0 Å². The molecule has 1 aliphatic carbocycles. The Morgan fingerprint density at radius 2 is 2.31 bits per heavy atom. The van der Waals surface area contributed by atoms with Crippen LogP contribution in [0, 0.1) is 0 Å². The van der Waals surface area contributed by atoms with Crippen molar-refractivity contribution in [1.29, 1.82) is 0 Å². The Morgan fingerprint density at radius 1 is 1.56 bits per heavy atom. The Morgan fingerprint density at radius 3 is 2.88 bits per heavy atom. The van der Waals surface area contributed by atoms with Gasteiger partial charge in [-0.2, -0.15) is 11.8 Å². The molecule has 2 unspecified atom stereocenters. The lowest BCUT2D eigenvalue weighted by Gasteiger charge is -2.40. The van der Waals surface area contributed by atoms with E-state index in [0.29, 0.717) is 17.9 Å². The predicted molar refractivity (Wildman–Crippen MR) is 66.7 cm³/mol. The molecule has 2 aliphatic rings. The van der Waals surface area contributed by atoms with Crippen molar-refractivity contribution in [3.8, 4) is 0 Å². The van der Waals surface area contributed by atoms with Crippen LogP contribution < -0.4 is 5.32 Å². The highest BCUT2D eigenvalue weighted by atomic mass is 32.2. The molecule has 92 valence electrons. The van der Waals surface area contributed by atoms with Gasteiger partial charge in [0.2, 0.25) is 0 Å². The van der Waals surface area contributed by atoms with Crippen LogP contribution in [0.1, 0.15) is 39.5 Å². The lowest BCUT2D eigenvalue weighted by atomic mass is 9.89. The highest BCUT2D eigenvalue weighted by Crippen LogP contribution is 2.37. The highest BCUT2D eigenvalue weighted by molar-refractivity contribution is 8.00. The molecule has 2 atom stereocenters. The molecule has 1 aliphatic heterocycles. The second-order valence-corrected chi connectivity index (χ2v) is 6.18. The number of ether oxygens (including phenoxy) is 1. The van der Waals surface area contributed by atoms with Crippen molar-refractivity contribution in [2.45, 2.75) is 56.4 Å². The molecule has 1 saturated carbocycles. The van der Waals surface area contributed by atoms with Gasteiger partial charge in [-0.1, -0.05) is 6.92 Å². The first-order valence-electron chi connectivity index (χ1n) is 6.25. The standard InChI is InChI=1S/C12H21NO2S/c1-3-15-11(14)12(13-10-5-6-10)7-4-8-16-9(12)2/h9-10,13H,3-8H2,1-2H3. The Labute approximate surface area is 102 Å². The van der Waals surface area contributed by atoms with E-state index in [2.05, 4.69) is 12.2 Å². The van der Waals surface area contributed by atoms with Gasteiger partial charge in [-0.3, -0.25) is 10.1 Å². The van der Waals surface area contributed by atoms with Crippen LogP contribution in [-0.2, 0) is 9.53 Å². The largest absolute Gasteiger partial charge is 0.465 e. The molecular weight excluding hydrogens is 222 g/mol. The van der Waals surface area contributed by atoms with Crippen molar-refractivity contribution in [3.05, 3.63) is 0 Å². The van der Waals surface area contributed by atoms with Gasteiger partial charge in [-0.05, 0) is 38.4 Å². The van der Waals surface area contributed by atoms with Crippen molar-refractivity contribution >= 4 is 17.7 Å².